The number of hydrogen-bond donors (Lipinski definition) is 1. The van der Waals surface area contributed by atoms with E-state index in [0.29, 0.717) is 10.2 Å². The van der Waals surface area contributed by atoms with E-state index in [1.165, 1.54) is 40.5 Å². The maximum absolute atomic E-state index is 12.2. The molecule has 122 valence electrons. The van der Waals surface area contributed by atoms with Crippen molar-refractivity contribution in [2.45, 2.75) is 30.6 Å². The first-order chi connectivity index (χ1) is 10.9. The Morgan fingerprint density at radius 2 is 2.00 bits per heavy atom. The molecule has 2 aromatic rings. The number of sulfone groups is 1. The Morgan fingerprint density at radius 3 is 2.70 bits per heavy atom. The fraction of sp³-hybridized carbons (Fsp3) is 0.333. The molecule has 0 saturated heterocycles. The van der Waals surface area contributed by atoms with Crippen molar-refractivity contribution in [1.82, 2.24) is 4.98 Å². The molecule has 8 heteroatoms. The molecule has 0 unspecified atom stereocenters. The molecule has 3 rings (SSSR count). The van der Waals surface area contributed by atoms with Gasteiger partial charge in [-0.25, -0.2) is 13.4 Å². The number of thiazole rings is 1. The number of nitrogens with zero attached hydrogens (tertiary/aromatic N) is 1. The van der Waals surface area contributed by atoms with E-state index in [0.717, 1.165) is 25.0 Å². The highest BCUT2D eigenvalue weighted by molar-refractivity contribution is 7.91. The zero-order valence-corrected chi connectivity index (χ0v) is 14.6. The molecular weight excluding hydrogens is 356 g/mol. The van der Waals surface area contributed by atoms with Gasteiger partial charge < -0.3 is 5.32 Å². The van der Waals surface area contributed by atoms with Gasteiger partial charge in [-0.1, -0.05) is 11.6 Å². The first kappa shape index (κ1) is 16.4. The zero-order chi connectivity index (χ0) is 16.4. The lowest BCUT2D eigenvalue weighted by molar-refractivity contribution is -0.115. The van der Waals surface area contributed by atoms with E-state index < -0.39 is 9.84 Å². The van der Waals surface area contributed by atoms with Crippen molar-refractivity contribution in [2.75, 3.05) is 11.1 Å². The first-order valence-electron chi connectivity index (χ1n) is 7.21. The number of hydrogen-bond acceptors (Lipinski definition) is 5. The summed E-state index contributed by atoms with van der Waals surface area (Å²) < 4.78 is 24.4. The Balaban J connectivity index is 1.58. The van der Waals surface area contributed by atoms with Crippen LogP contribution in [0.2, 0.25) is 5.02 Å². The van der Waals surface area contributed by atoms with E-state index in [1.54, 1.807) is 0 Å². The van der Waals surface area contributed by atoms with Crippen molar-refractivity contribution >= 4 is 43.8 Å². The van der Waals surface area contributed by atoms with E-state index >= 15 is 0 Å². The molecule has 0 atom stereocenters. The Labute approximate surface area is 143 Å². The van der Waals surface area contributed by atoms with Crippen LogP contribution < -0.4 is 5.32 Å². The van der Waals surface area contributed by atoms with Crippen LogP contribution in [0.25, 0.3) is 0 Å². The minimum Gasteiger partial charge on any atom is -0.302 e. The van der Waals surface area contributed by atoms with Gasteiger partial charge in [0.25, 0.3) is 0 Å². The standard InChI is InChI=1S/C15H15ClN2O3S2/c16-10-4-6-11(7-5-10)23(20,21)9-8-14(19)18-15-17-12-2-1-3-13(12)22-15/h4-7H,1-3,8-9H2,(H,17,18,19). The van der Waals surface area contributed by atoms with Crippen molar-refractivity contribution in [2.24, 2.45) is 0 Å². The average Bonchev–Trinajstić information content (AvgIpc) is 3.07. The molecular formula is C15H15ClN2O3S2. The molecule has 0 radical (unpaired) electrons. The molecule has 1 aromatic heterocycles. The third-order valence-corrected chi connectivity index (χ3v) is 6.67. The summed E-state index contributed by atoms with van der Waals surface area (Å²) >= 11 is 7.22. The van der Waals surface area contributed by atoms with Gasteiger partial charge in [-0.3, -0.25) is 4.79 Å². The lowest BCUT2D eigenvalue weighted by atomic mass is 10.4. The van der Waals surface area contributed by atoms with Crippen LogP contribution in [0.1, 0.15) is 23.4 Å². The van der Waals surface area contributed by atoms with E-state index in [4.69, 9.17) is 11.6 Å². The van der Waals surface area contributed by atoms with Gasteiger partial charge in [-0.2, -0.15) is 0 Å². The minimum absolute atomic E-state index is 0.102. The molecule has 5 nitrogen and oxygen atoms in total. The van der Waals surface area contributed by atoms with E-state index in [-0.39, 0.29) is 23.0 Å². The van der Waals surface area contributed by atoms with E-state index in [1.807, 2.05) is 0 Å². The third kappa shape index (κ3) is 3.91. The lowest BCUT2D eigenvalue weighted by Gasteiger charge is -2.05. The quantitative estimate of drug-likeness (QED) is 0.877. The summed E-state index contributed by atoms with van der Waals surface area (Å²) in [4.78, 5) is 17.7. The van der Waals surface area contributed by atoms with Crippen LogP contribution in [0.3, 0.4) is 0 Å². The molecule has 1 heterocycles. The normalized spacial score (nSPS) is 13.8. The predicted molar refractivity (Wildman–Crippen MR) is 90.9 cm³/mol. The van der Waals surface area contributed by atoms with Gasteiger partial charge >= 0.3 is 0 Å². The minimum atomic E-state index is -3.50. The highest BCUT2D eigenvalue weighted by atomic mass is 35.5. The number of amides is 1. The van der Waals surface area contributed by atoms with Gasteiger partial charge in [0.05, 0.1) is 16.3 Å². The number of nitrogens with one attached hydrogen (secondary N) is 1. The second kappa shape index (κ2) is 6.59. The van der Waals surface area contributed by atoms with Crippen LogP contribution in [0.15, 0.2) is 29.2 Å². The Morgan fingerprint density at radius 1 is 1.26 bits per heavy atom. The molecule has 0 bridgehead atoms. The SMILES string of the molecule is O=C(CCS(=O)(=O)c1ccc(Cl)cc1)Nc1nc2c(s1)CCC2. The van der Waals surface area contributed by atoms with Gasteiger partial charge in [-0.15, -0.1) is 11.3 Å². The number of rotatable bonds is 5. The Bertz CT molecular complexity index is 807. The van der Waals surface area contributed by atoms with Crippen LogP contribution in [0.4, 0.5) is 5.13 Å². The van der Waals surface area contributed by atoms with Crippen molar-refractivity contribution in [3.8, 4) is 0 Å². The second-order valence-electron chi connectivity index (χ2n) is 5.31. The molecule has 1 N–H and O–H groups in total. The molecule has 0 saturated carbocycles. The summed E-state index contributed by atoms with van der Waals surface area (Å²) in [7, 11) is -3.50. The van der Waals surface area contributed by atoms with Crippen LogP contribution in [0.5, 0.6) is 0 Å². The number of fused-ring (bicyclic) bond motifs is 1. The molecule has 23 heavy (non-hydrogen) atoms. The molecule has 0 spiro atoms. The molecule has 1 amide bonds. The fourth-order valence-corrected chi connectivity index (χ4v) is 4.85. The summed E-state index contributed by atoms with van der Waals surface area (Å²) in [5.74, 6) is -0.582. The maximum atomic E-state index is 12.2. The fourth-order valence-electron chi connectivity index (χ4n) is 2.41. The van der Waals surface area contributed by atoms with Crippen LogP contribution >= 0.6 is 22.9 Å². The average molecular weight is 371 g/mol. The first-order valence-corrected chi connectivity index (χ1v) is 10.1. The van der Waals surface area contributed by atoms with Gasteiger partial charge in [0.1, 0.15) is 0 Å². The molecule has 0 fully saturated rings. The van der Waals surface area contributed by atoms with E-state index in [2.05, 4.69) is 10.3 Å². The van der Waals surface area contributed by atoms with Crippen molar-refractivity contribution < 1.29 is 13.2 Å². The monoisotopic (exact) mass is 370 g/mol. The van der Waals surface area contributed by atoms with Gasteiger partial charge in [0.2, 0.25) is 5.91 Å². The smallest absolute Gasteiger partial charge is 0.227 e. The number of carbonyl (C=O) groups is 1. The summed E-state index contributed by atoms with van der Waals surface area (Å²) in [6.45, 7) is 0. The molecule has 0 aliphatic heterocycles. The van der Waals surface area contributed by atoms with Gasteiger partial charge in [-0.05, 0) is 43.5 Å². The second-order valence-corrected chi connectivity index (χ2v) is 8.94. The summed E-state index contributed by atoms with van der Waals surface area (Å²) in [5.41, 5.74) is 1.05. The van der Waals surface area contributed by atoms with Crippen molar-refractivity contribution in [1.29, 1.82) is 0 Å². The predicted octanol–water partition coefficient (Wildman–Crippen LogP) is 3.09. The number of halogens is 1. The van der Waals surface area contributed by atoms with Crippen LogP contribution in [-0.2, 0) is 27.5 Å². The summed E-state index contributed by atoms with van der Waals surface area (Å²) in [5, 5.41) is 3.72. The van der Waals surface area contributed by atoms with Crippen LogP contribution in [-0.4, -0.2) is 25.1 Å². The highest BCUT2D eigenvalue weighted by Crippen LogP contribution is 2.30. The number of anilines is 1. The van der Waals surface area contributed by atoms with Crippen LogP contribution in [0, 0.1) is 0 Å². The number of aryl methyl sites for hydroxylation is 2. The maximum Gasteiger partial charge on any atom is 0.227 e. The molecule has 1 aliphatic carbocycles. The molecule has 1 aromatic carbocycles. The van der Waals surface area contributed by atoms with Crippen molar-refractivity contribution in [3.05, 3.63) is 39.9 Å². The summed E-state index contributed by atoms with van der Waals surface area (Å²) in [6, 6.07) is 5.93. The zero-order valence-electron chi connectivity index (χ0n) is 12.2. The third-order valence-electron chi connectivity index (χ3n) is 3.61. The Kier molecular flexibility index (Phi) is 4.70. The van der Waals surface area contributed by atoms with E-state index in [9.17, 15) is 13.2 Å². The number of carbonyl (C=O) groups excluding carboxylic acids is 1. The van der Waals surface area contributed by atoms with Gasteiger partial charge in [0.15, 0.2) is 15.0 Å². The summed E-state index contributed by atoms with van der Waals surface area (Å²) in [6.07, 6.45) is 2.97. The topological polar surface area (TPSA) is 76.1 Å². The molecule has 1 aliphatic rings. The number of benzene rings is 1. The lowest BCUT2D eigenvalue weighted by Crippen LogP contribution is -2.17. The highest BCUT2D eigenvalue weighted by Gasteiger charge is 2.19. The van der Waals surface area contributed by atoms with Crippen molar-refractivity contribution in [3.63, 3.8) is 0 Å². The number of aromatic nitrogens is 1. The van der Waals surface area contributed by atoms with Gasteiger partial charge in [0, 0.05) is 16.3 Å². The Hall–Kier alpha value is -1.44. The largest absolute Gasteiger partial charge is 0.302 e.